The predicted molar refractivity (Wildman–Crippen MR) is 94.6 cm³/mol. The molecule has 4 N–H and O–H groups in total. The molecule has 1 fully saturated rings. The van der Waals surface area contributed by atoms with Gasteiger partial charge in [0.25, 0.3) is 5.91 Å². The Hall–Kier alpha value is -2.75. The van der Waals surface area contributed by atoms with Crippen molar-refractivity contribution in [2.75, 3.05) is 6.54 Å². The van der Waals surface area contributed by atoms with Crippen molar-refractivity contribution in [3.63, 3.8) is 0 Å². The molecule has 0 bridgehead atoms. The van der Waals surface area contributed by atoms with Gasteiger partial charge in [0.2, 0.25) is 5.91 Å². The van der Waals surface area contributed by atoms with E-state index < -0.39 is 30.3 Å². The molecule has 2 heterocycles. The van der Waals surface area contributed by atoms with Gasteiger partial charge >= 0.3 is 0 Å². The number of nitrogens with one attached hydrogen (secondary N) is 2. The number of furan rings is 1. The molecular formula is C19H21FN2O6. The van der Waals surface area contributed by atoms with Crippen LogP contribution in [0.25, 0.3) is 0 Å². The van der Waals surface area contributed by atoms with E-state index in [9.17, 15) is 24.2 Å². The molecule has 150 valence electrons. The molecule has 1 aliphatic rings. The summed E-state index contributed by atoms with van der Waals surface area (Å²) in [6, 6.07) is 8.76. The zero-order chi connectivity index (χ0) is 20.1. The molecule has 1 saturated heterocycles. The second kappa shape index (κ2) is 8.96. The highest BCUT2D eigenvalue weighted by atomic mass is 19.1. The zero-order valence-corrected chi connectivity index (χ0v) is 14.9. The van der Waals surface area contributed by atoms with Crippen LogP contribution in [0, 0.1) is 5.82 Å². The van der Waals surface area contributed by atoms with Crippen LogP contribution >= 0.6 is 0 Å². The molecule has 1 aliphatic heterocycles. The van der Waals surface area contributed by atoms with E-state index in [1.54, 1.807) is 18.2 Å². The summed E-state index contributed by atoms with van der Waals surface area (Å²) in [5.74, 6) is -1.11. The molecule has 0 aliphatic carbocycles. The Morgan fingerprint density at radius 3 is 2.43 bits per heavy atom. The van der Waals surface area contributed by atoms with Crippen LogP contribution in [-0.2, 0) is 16.1 Å². The Labute approximate surface area is 160 Å². The number of carbonyl (C=O) groups excluding carboxylic acids is 2. The largest absolute Gasteiger partial charge is 0.459 e. The van der Waals surface area contributed by atoms with Gasteiger partial charge in [0.05, 0.1) is 18.8 Å². The van der Waals surface area contributed by atoms with E-state index in [2.05, 4.69) is 10.6 Å². The fourth-order valence-electron chi connectivity index (χ4n) is 2.91. The Balaban J connectivity index is 1.45. The van der Waals surface area contributed by atoms with Crippen molar-refractivity contribution in [3.8, 4) is 0 Å². The fourth-order valence-corrected chi connectivity index (χ4v) is 2.91. The lowest BCUT2D eigenvalue weighted by atomic mass is 10.1. The lowest BCUT2D eigenvalue weighted by molar-refractivity contribution is -0.125. The highest BCUT2D eigenvalue weighted by molar-refractivity contribution is 5.91. The average molecular weight is 392 g/mol. The predicted octanol–water partition coefficient (Wildman–Crippen LogP) is 0.344. The summed E-state index contributed by atoms with van der Waals surface area (Å²) < 4.78 is 23.4. The molecule has 0 unspecified atom stereocenters. The maximum atomic E-state index is 12.9. The monoisotopic (exact) mass is 392 g/mol. The third-order valence-corrected chi connectivity index (χ3v) is 4.46. The number of hydrogen-bond donors (Lipinski definition) is 4. The third-order valence-electron chi connectivity index (χ3n) is 4.46. The van der Waals surface area contributed by atoms with Crippen molar-refractivity contribution in [1.82, 2.24) is 10.6 Å². The number of halogens is 1. The van der Waals surface area contributed by atoms with Crippen molar-refractivity contribution in [2.45, 2.75) is 37.4 Å². The molecule has 1 aromatic heterocycles. The molecule has 2 amide bonds. The van der Waals surface area contributed by atoms with E-state index in [0.29, 0.717) is 0 Å². The van der Waals surface area contributed by atoms with Gasteiger partial charge in [-0.15, -0.1) is 0 Å². The topological polar surface area (TPSA) is 121 Å². The normalized spacial score (nSPS) is 24.1. The molecular weight excluding hydrogens is 371 g/mol. The van der Waals surface area contributed by atoms with Gasteiger partial charge in [0.1, 0.15) is 24.1 Å². The number of amides is 2. The van der Waals surface area contributed by atoms with Crippen molar-refractivity contribution in [3.05, 3.63) is 59.8 Å². The van der Waals surface area contributed by atoms with Crippen molar-refractivity contribution in [2.24, 2.45) is 0 Å². The molecule has 8 nitrogen and oxygen atoms in total. The molecule has 0 radical (unpaired) electrons. The highest BCUT2D eigenvalue weighted by Gasteiger charge is 2.43. The minimum Gasteiger partial charge on any atom is -0.459 e. The molecule has 0 spiro atoms. The molecule has 0 saturated carbocycles. The number of aliphatic hydroxyl groups excluding tert-OH is 2. The summed E-state index contributed by atoms with van der Waals surface area (Å²) in [4.78, 5) is 23.9. The van der Waals surface area contributed by atoms with E-state index in [1.807, 2.05) is 0 Å². The Morgan fingerprint density at radius 1 is 1.04 bits per heavy atom. The zero-order valence-electron chi connectivity index (χ0n) is 14.9. The summed E-state index contributed by atoms with van der Waals surface area (Å²) in [6.07, 6.45) is -3.08. The first-order chi connectivity index (χ1) is 13.4. The van der Waals surface area contributed by atoms with Gasteiger partial charge in [-0.3, -0.25) is 9.59 Å². The second-order valence-corrected chi connectivity index (χ2v) is 6.49. The number of benzene rings is 1. The highest BCUT2D eigenvalue weighted by Crippen LogP contribution is 2.23. The first-order valence-corrected chi connectivity index (χ1v) is 8.78. The van der Waals surface area contributed by atoms with E-state index in [1.165, 1.54) is 24.5 Å². The van der Waals surface area contributed by atoms with Crippen molar-refractivity contribution in [1.29, 1.82) is 0 Å². The quantitative estimate of drug-likeness (QED) is 0.539. The molecule has 3 rings (SSSR count). The first kappa shape index (κ1) is 20.0. The van der Waals surface area contributed by atoms with Crippen LogP contribution < -0.4 is 10.6 Å². The molecule has 28 heavy (non-hydrogen) atoms. The summed E-state index contributed by atoms with van der Waals surface area (Å²) in [6.45, 7) is 0.151. The SMILES string of the molecule is O=C(C[C@@H]1O[C@H](CNC(=O)c2ccco2)[C@@H](O)[C@H]1O)NCc1ccc(F)cc1. The van der Waals surface area contributed by atoms with Gasteiger partial charge in [-0.05, 0) is 29.8 Å². The maximum absolute atomic E-state index is 12.9. The van der Waals surface area contributed by atoms with Crippen molar-refractivity contribution < 1.29 is 33.3 Å². The molecule has 4 atom stereocenters. The average Bonchev–Trinajstić information content (AvgIpc) is 3.31. The van der Waals surface area contributed by atoms with Crippen LogP contribution in [-0.4, -0.2) is 53.0 Å². The maximum Gasteiger partial charge on any atom is 0.287 e. The van der Waals surface area contributed by atoms with E-state index in [-0.39, 0.29) is 37.0 Å². The first-order valence-electron chi connectivity index (χ1n) is 8.78. The molecule has 2 aromatic rings. The lowest BCUT2D eigenvalue weighted by Gasteiger charge is -2.15. The van der Waals surface area contributed by atoms with Crippen LogP contribution in [0.4, 0.5) is 4.39 Å². The van der Waals surface area contributed by atoms with Crippen LogP contribution in [0.5, 0.6) is 0 Å². The van der Waals surface area contributed by atoms with Gasteiger partial charge in [0, 0.05) is 13.1 Å². The number of carbonyl (C=O) groups is 2. The van der Waals surface area contributed by atoms with Gasteiger partial charge < -0.3 is 30.0 Å². The molecule has 9 heteroatoms. The Morgan fingerprint density at radius 2 is 1.75 bits per heavy atom. The Bertz CT molecular complexity index is 795. The summed E-state index contributed by atoms with van der Waals surface area (Å²) in [7, 11) is 0. The van der Waals surface area contributed by atoms with E-state index in [0.717, 1.165) is 5.56 Å². The second-order valence-electron chi connectivity index (χ2n) is 6.49. The van der Waals surface area contributed by atoms with Gasteiger partial charge in [-0.25, -0.2) is 4.39 Å². The Kier molecular flexibility index (Phi) is 6.40. The lowest BCUT2D eigenvalue weighted by Crippen LogP contribution is -2.40. The van der Waals surface area contributed by atoms with Gasteiger partial charge in [0.15, 0.2) is 5.76 Å². The summed E-state index contributed by atoms with van der Waals surface area (Å²) >= 11 is 0. The van der Waals surface area contributed by atoms with Gasteiger partial charge in [-0.2, -0.15) is 0 Å². The molecule has 1 aromatic carbocycles. The van der Waals surface area contributed by atoms with E-state index >= 15 is 0 Å². The number of aliphatic hydroxyl groups is 2. The van der Waals surface area contributed by atoms with Crippen LogP contribution in [0.3, 0.4) is 0 Å². The smallest absolute Gasteiger partial charge is 0.287 e. The number of ether oxygens (including phenoxy) is 1. The number of hydrogen-bond acceptors (Lipinski definition) is 6. The standard InChI is InChI=1S/C19H21FN2O6/c20-12-5-3-11(4-6-12)9-21-16(23)8-14-17(24)18(25)15(28-14)10-22-19(26)13-2-1-7-27-13/h1-7,14-15,17-18,24-25H,8-10H2,(H,21,23)(H,22,26)/t14-,15+,17-,18+/m0/s1. The van der Waals surface area contributed by atoms with Gasteiger partial charge in [-0.1, -0.05) is 12.1 Å². The van der Waals surface area contributed by atoms with Crippen LogP contribution in [0.1, 0.15) is 22.5 Å². The minimum atomic E-state index is -1.26. The number of rotatable bonds is 7. The van der Waals surface area contributed by atoms with Crippen molar-refractivity contribution >= 4 is 11.8 Å². The van der Waals surface area contributed by atoms with Crippen LogP contribution in [0.2, 0.25) is 0 Å². The fraction of sp³-hybridized carbons (Fsp3) is 0.368. The third kappa shape index (κ3) is 4.94. The summed E-state index contributed by atoms with van der Waals surface area (Å²) in [5, 5.41) is 25.4. The van der Waals surface area contributed by atoms with Crippen LogP contribution in [0.15, 0.2) is 47.1 Å². The summed E-state index contributed by atoms with van der Waals surface area (Å²) in [5.41, 5.74) is 0.723. The minimum absolute atomic E-state index is 0.0501. The van der Waals surface area contributed by atoms with E-state index in [4.69, 9.17) is 9.15 Å².